The number of nitrogens with zero attached hydrogens (tertiary/aromatic N) is 1. The van der Waals surface area contributed by atoms with E-state index < -0.39 is 15.0 Å². The smallest absolute Gasteiger partial charge is 0.339 e. The van der Waals surface area contributed by atoms with Crippen LogP contribution in [0.1, 0.15) is 5.56 Å². The number of halogens is 2. The Morgan fingerprint density at radius 2 is 1.77 bits per heavy atom. The average Bonchev–Trinajstić information content (AvgIpc) is 2.42. The van der Waals surface area contributed by atoms with Crippen LogP contribution in [0.5, 0.6) is 5.75 Å². The third kappa shape index (κ3) is 3.49. The van der Waals surface area contributed by atoms with Crippen molar-refractivity contribution in [3.05, 3.63) is 62.1 Å². The largest absolute Gasteiger partial charge is 0.379 e. The second-order valence-corrected chi connectivity index (χ2v) is 6.68. The zero-order valence-corrected chi connectivity index (χ0v) is 13.4. The van der Waals surface area contributed by atoms with E-state index in [1.54, 1.807) is 0 Å². The Bertz CT molecular complexity index is 852. The van der Waals surface area contributed by atoms with Crippen molar-refractivity contribution in [2.75, 3.05) is 0 Å². The Morgan fingerprint density at radius 1 is 1.09 bits per heavy atom. The van der Waals surface area contributed by atoms with Gasteiger partial charge < -0.3 is 4.18 Å². The fraction of sp³-hybridized carbons (Fsp3) is 0.0769. The normalized spacial score (nSPS) is 11.2. The molecule has 0 saturated carbocycles. The van der Waals surface area contributed by atoms with Crippen molar-refractivity contribution in [1.82, 2.24) is 0 Å². The zero-order chi connectivity index (χ0) is 16.5. The highest BCUT2D eigenvalue weighted by molar-refractivity contribution is 7.87. The Hall–Kier alpha value is -1.83. The van der Waals surface area contributed by atoms with E-state index in [2.05, 4.69) is 0 Å². The van der Waals surface area contributed by atoms with Crippen molar-refractivity contribution < 1.29 is 17.5 Å². The lowest BCUT2D eigenvalue weighted by Crippen LogP contribution is -2.10. The van der Waals surface area contributed by atoms with E-state index in [1.165, 1.54) is 37.3 Å². The maximum absolute atomic E-state index is 12.2. The molecule has 0 aliphatic carbocycles. The van der Waals surface area contributed by atoms with Crippen molar-refractivity contribution >= 4 is 39.0 Å². The topological polar surface area (TPSA) is 86.5 Å². The standard InChI is InChI=1S/C13H9Cl2NO5S/c1-8-2-4-10(7-13(8)16(17)18)22(19,20)21-9-3-5-11(14)12(15)6-9/h2-7H,1H3. The number of hydrogen-bond acceptors (Lipinski definition) is 5. The summed E-state index contributed by atoms with van der Waals surface area (Å²) in [5, 5.41) is 11.3. The predicted octanol–water partition coefficient (Wildman–Crippen LogP) is 3.98. The highest BCUT2D eigenvalue weighted by atomic mass is 35.5. The van der Waals surface area contributed by atoms with Crippen LogP contribution in [-0.4, -0.2) is 13.3 Å². The number of benzene rings is 2. The van der Waals surface area contributed by atoms with Gasteiger partial charge in [0, 0.05) is 17.7 Å². The molecule has 6 nitrogen and oxygen atoms in total. The van der Waals surface area contributed by atoms with Crippen molar-refractivity contribution in [1.29, 1.82) is 0 Å². The van der Waals surface area contributed by atoms with E-state index in [1.807, 2.05) is 0 Å². The first kappa shape index (κ1) is 16.5. The molecule has 0 aliphatic heterocycles. The Labute approximate surface area is 136 Å². The van der Waals surface area contributed by atoms with Gasteiger partial charge in [0.1, 0.15) is 10.6 Å². The van der Waals surface area contributed by atoms with Crippen LogP contribution < -0.4 is 4.18 Å². The van der Waals surface area contributed by atoms with Gasteiger partial charge in [0.05, 0.1) is 15.0 Å². The maximum Gasteiger partial charge on any atom is 0.339 e. The van der Waals surface area contributed by atoms with Gasteiger partial charge in [0.25, 0.3) is 5.69 Å². The van der Waals surface area contributed by atoms with Gasteiger partial charge in [-0.25, -0.2) is 0 Å². The molecule has 116 valence electrons. The van der Waals surface area contributed by atoms with Crippen LogP contribution >= 0.6 is 23.2 Å². The van der Waals surface area contributed by atoms with Crippen LogP contribution in [0.4, 0.5) is 5.69 Å². The molecule has 0 spiro atoms. The fourth-order valence-corrected chi connectivity index (χ4v) is 2.88. The molecule has 2 aromatic rings. The molecule has 0 aromatic heterocycles. The summed E-state index contributed by atoms with van der Waals surface area (Å²) in [6.45, 7) is 1.51. The third-order valence-corrected chi connectivity index (χ3v) is 4.75. The molecule has 0 atom stereocenters. The molecule has 0 amide bonds. The minimum atomic E-state index is -4.22. The molecule has 0 unspecified atom stereocenters. The molecular weight excluding hydrogens is 353 g/mol. The Kier molecular flexibility index (Phi) is 4.60. The molecule has 0 radical (unpaired) electrons. The maximum atomic E-state index is 12.2. The zero-order valence-electron chi connectivity index (χ0n) is 11.1. The van der Waals surface area contributed by atoms with E-state index in [-0.39, 0.29) is 26.4 Å². The third-order valence-electron chi connectivity index (χ3n) is 2.76. The number of hydrogen-bond donors (Lipinski definition) is 0. The van der Waals surface area contributed by atoms with E-state index >= 15 is 0 Å². The number of nitro benzene ring substituents is 1. The van der Waals surface area contributed by atoms with E-state index in [0.29, 0.717) is 5.56 Å². The lowest BCUT2D eigenvalue weighted by atomic mass is 10.2. The highest BCUT2D eigenvalue weighted by Gasteiger charge is 2.22. The van der Waals surface area contributed by atoms with Crippen LogP contribution in [0, 0.1) is 17.0 Å². The van der Waals surface area contributed by atoms with Gasteiger partial charge in [-0.2, -0.15) is 8.42 Å². The van der Waals surface area contributed by atoms with E-state index in [9.17, 15) is 18.5 Å². The van der Waals surface area contributed by atoms with Crippen molar-refractivity contribution in [3.8, 4) is 5.75 Å². The average molecular weight is 362 g/mol. The lowest BCUT2D eigenvalue weighted by molar-refractivity contribution is -0.385. The minimum absolute atomic E-state index is 0.0439. The van der Waals surface area contributed by atoms with Gasteiger partial charge in [0.15, 0.2) is 0 Å². The van der Waals surface area contributed by atoms with Gasteiger partial charge in [-0.1, -0.05) is 29.3 Å². The fourth-order valence-electron chi connectivity index (χ4n) is 1.64. The summed E-state index contributed by atoms with van der Waals surface area (Å²) in [4.78, 5) is 9.90. The Morgan fingerprint density at radius 3 is 2.36 bits per heavy atom. The molecule has 22 heavy (non-hydrogen) atoms. The quantitative estimate of drug-likeness (QED) is 0.467. The van der Waals surface area contributed by atoms with Crippen molar-refractivity contribution in [3.63, 3.8) is 0 Å². The van der Waals surface area contributed by atoms with Crippen LogP contribution in [0.3, 0.4) is 0 Å². The van der Waals surface area contributed by atoms with Crippen LogP contribution in [0.2, 0.25) is 10.0 Å². The van der Waals surface area contributed by atoms with Crippen molar-refractivity contribution in [2.24, 2.45) is 0 Å². The summed E-state index contributed by atoms with van der Waals surface area (Å²) in [6, 6.07) is 7.46. The first-order chi connectivity index (χ1) is 10.2. The molecule has 0 heterocycles. The summed E-state index contributed by atoms with van der Waals surface area (Å²) in [5.41, 5.74) is 0.0392. The molecule has 0 saturated heterocycles. The molecule has 0 fully saturated rings. The van der Waals surface area contributed by atoms with Gasteiger partial charge in [-0.05, 0) is 25.1 Å². The summed E-state index contributed by atoms with van der Waals surface area (Å²) in [7, 11) is -4.22. The molecule has 9 heteroatoms. The van der Waals surface area contributed by atoms with Crippen LogP contribution in [0.25, 0.3) is 0 Å². The summed E-state index contributed by atoms with van der Waals surface area (Å²) >= 11 is 11.5. The molecular formula is C13H9Cl2NO5S. The first-order valence-electron chi connectivity index (χ1n) is 5.85. The van der Waals surface area contributed by atoms with Gasteiger partial charge >= 0.3 is 10.1 Å². The SMILES string of the molecule is Cc1ccc(S(=O)(=O)Oc2ccc(Cl)c(Cl)c2)cc1[N+](=O)[O-]. The second-order valence-electron chi connectivity index (χ2n) is 4.32. The molecule has 0 bridgehead atoms. The van der Waals surface area contributed by atoms with Crippen LogP contribution in [-0.2, 0) is 10.1 Å². The highest BCUT2D eigenvalue weighted by Crippen LogP contribution is 2.29. The van der Waals surface area contributed by atoms with Gasteiger partial charge in [-0.3, -0.25) is 10.1 Å². The minimum Gasteiger partial charge on any atom is -0.379 e. The lowest BCUT2D eigenvalue weighted by Gasteiger charge is -2.08. The van der Waals surface area contributed by atoms with Gasteiger partial charge in [-0.15, -0.1) is 0 Å². The molecule has 0 aliphatic rings. The molecule has 0 N–H and O–H groups in total. The number of aryl methyl sites for hydroxylation is 1. The number of rotatable bonds is 4. The molecule has 2 rings (SSSR count). The predicted molar refractivity (Wildman–Crippen MR) is 82.1 cm³/mol. The second kappa shape index (κ2) is 6.12. The van der Waals surface area contributed by atoms with Gasteiger partial charge in [0.2, 0.25) is 0 Å². The summed E-state index contributed by atoms with van der Waals surface area (Å²) in [6.07, 6.45) is 0. The summed E-state index contributed by atoms with van der Waals surface area (Å²) in [5.74, 6) is -0.0439. The molecule has 2 aromatic carbocycles. The monoisotopic (exact) mass is 361 g/mol. The Balaban J connectivity index is 2.40. The van der Waals surface area contributed by atoms with E-state index in [0.717, 1.165) is 6.07 Å². The number of nitro groups is 1. The summed E-state index contributed by atoms with van der Waals surface area (Å²) < 4.78 is 29.2. The van der Waals surface area contributed by atoms with E-state index in [4.69, 9.17) is 27.4 Å². The first-order valence-corrected chi connectivity index (χ1v) is 8.02. The van der Waals surface area contributed by atoms with Crippen molar-refractivity contribution in [2.45, 2.75) is 11.8 Å². The van der Waals surface area contributed by atoms with Crippen LogP contribution in [0.15, 0.2) is 41.3 Å².